The summed E-state index contributed by atoms with van der Waals surface area (Å²) in [5.41, 5.74) is -4.13. The molecule has 0 unspecified atom stereocenters. The molecule has 0 radical (unpaired) electrons. The first-order chi connectivity index (χ1) is 9.90. The predicted molar refractivity (Wildman–Crippen MR) is 72.5 cm³/mol. The van der Waals surface area contributed by atoms with Crippen LogP contribution in [-0.2, 0) is 15.5 Å². The average Bonchev–Trinajstić information content (AvgIpc) is 2.56. The van der Waals surface area contributed by atoms with Crippen LogP contribution in [0.3, 0.4) is 0 Å². The molecular weight excluding hydrogens is 303 g/mol. The van der Waals surface area contributed by atoms with Gasteiger partial charge in [0, 0.05) is 5.46 Å². The van der Waals surface area contributed by atoms with Crippen molar-refractivity contribution in [1.29, 1.82) is 0 Å². The van der Waals surface area contributed by atoms with Crippen LogP contribution in [0.2, 0.25) is 0 Å². The van der Waals surface area contributed by atoms with Crippen LogP contribution in [0.15, 0.2) is 12.1 Å². The first-order valence-electron chi connectivity index (χ1n) is 6.61. The van der Waals surface area contributed by atoms with Crippen molar-refractivity contribution in [2.24, 2.45) is 0 Å². The van der Waals surface area contributed by atoms with E-state index in [9.17, 15) is 22.4 Å². The maximum absolute atomic E-state index is 14.3. The lowest BCUT2D eigenvalue weighted by atomic mass is 9.77. The predicted octanol–water partition coefficient (Wildman–Crippen LogP) is 2.96. The number of alkyl halides is 3. The largest absolute Gasteiger partial charge is 0.497 e. The van der Waals surface area contributed by atoms with Crippen LogP contribution in [0, 0.1) is 5.82 Å². The molecule has 0 aliphatic carbocycles. The van der Waals surface area contributed by atoms with E-state index in [4.69, 9.17) is 9.31 Å². The van der Waals surface area contributed by atoms with Crippen LogP contribution in [0.5, 0.6) is 0 Å². The highest BCUT2D eigenvalue weighted by molar-refractivity contribution is 6.62. The molecule has 0 bridgehead atoms. The number of carbonyl (C=O) groups is 1. The second kappa shape index (κ2) is 5.06. The Hall–Kier alpha value is -1.41. The Balaban J connectivity index is 2.50. The summed E-state index contributed by atoms with van der Waals surface area (Å²) in [4.78, 5) is 10.9. The first kappa shape index (κ1) is 17.0. The fourth-order valence-corrected chi connectivity index (χ4v) is 2.12. The SMILES string of the molecule is CC1(C)OB(c2ccc(C(F)(F)F)c(C=O)c2F)OC1(C)C. The molecule has 8 heteroatoms. The van der Waals surface area contributed by atoms with Crippen molar-refractivity contribution in [3.63, 3.8) is 0 Å². The molecule has 2 rings (SSSR count). The monoisotopic (exact) mass is 318 g/mol. The summed E-state index contributed by atoms with van der Waals surface area (Å²) >= 11 is 0. The molecule has 1 aromatic rings. The van der Waals surface area contributed by atoms with E-state index in [2.05, 4.69) is 0 Å². The standard InChI is InChI=1S/C14H15BF4O3/c1-12(2)13(3,4)22-15(21-12)10-6-5-9(14(17,18)19)8(7-20)11(10)16/h5-7H,1-4H3. The van der Waals surface area contributed by atoms with Crippen LogP contribution in [0.4, 0.5) is 17.6 Å². The zero-order valence-corrected chi connectivity index (χ0v) is 12.5. The Bertz CT molecular complexity index is 595. The van der Waals surface area contributed by atoms with Gasteiger partial charge < -0.3 is 9.31 Å². The van der Waals surface area contributed by atoms with Gasteiger partial charge in [0.25, 0.3) is 0 Å². The van der Waals surface area contributed by atoms with Crippen molar-refractivity contribution in [2.45, 2.75) is 45.1 Å². The number of hydrogen-bond donors (Lipinski definition) is 0. The number of halogens is 4. The van der Waals surface area contributed by atoms with E-state index in [-0.39, 0.29) is 11.7 Å². The first-order valence-corrected chi connectivity index (χ1v) is 6.61. The summed E-state index contributed by atoms with van der Waals surface area (Å²) in [5.74, 6) is -1.27. The highest BCUT2D eigenvalue weighted by Crippen LogP contribution is 2.37. The van der Waals surface area contributed by atoms with E-state index in [1.165, 1.54) is 0 Å². The molecule has 0 aromatic heterocycles. The van der Waals surface area contributed by atoms with Crippen LogP contribution in [-0.4, -0.2) is 24.6 Å². The smallest absolute Gasteiger partial charge is 0.399 e. The van der Waals surface area contributed by atoms with E-state index in [1.54, 1.807) is 27.7 Å². The summed E-state index contributed by atoms with van der Waals surface area (Å²) in [6, 6.07) is 1.60. The topological polar surface area (TPSA) is 35.5 Å². The maximum Gasteiger partial charge on any atom is 0.497 e. The molecule has 1 aliphatic heterocycles. The number of rotatable bonds is 2. The average molecular weight is 318 g/mol. The van der Waals surface area contributed by atoms with Crippen LogP contribution >= 0.6 is 0 Å². The molecule has 1 fully saturated rings. The van der Waals surface area contributed by atoms with Gasteiger partial charge in [0.15, 0.2) is 6.29 Å². The Morgan fingerprint density at radius 1 is 1.09 bits per heavy atom. The molecule has 1 saturated heterocycles. The third kappa shape index (κ3) is 2.65. The molecule has 0 amide bonds. The molecule has 1 heterocycles. The minimum atomic E-state index is -4.81. The number of carbonyl (C=O) groups excluding carboxylic acids is 1. The Kier molecular flexibility index (Phi) is 3.90. The molecular formula is C14H15BF4O3. The Morgan fingerprint density at radius 2 is 1.59 bits per heavy atom. The molecule has 3 nitrogen and oxygen atoms in total. The van der Waals surface area contributed by atoms with Crippen LogP contribution in [0.1, 0.15) is 43.6 Å². The lowest BCUT2D eigenvalue weighted by Gasteiger charge is -2.32. The molecule has 120 valence electrons. The second-order valence-electron chi connectivity index (χ2n) is 6.13. The van der Waals surface area contributed by atoms with Crippen LogP contribution in [0.25, 0.3) is 0 Å². The Labute approximate surface area is 125 Å². The van der Waals surface area contributed by atoms with Gasteiger partial charge in [-0.25, -0.2) is 4.39 Å². The summed E-state index contributed by atoms with van der Waals surface area (Å²) in [6.07, 6.45) is -4.96. The number of benzene rings is 1. The van der Waals surface area contributed by atoms with E-state index in [0.717, 1.165) is 6.07 Å². The van der Waals surface area contributed by atoms with E-state index >= 15 is 0 Å². The Morgan fingerprint density at radius 3 is 2.00 bits per heavy atom. The maximum atomic E-state index is 14.3. The summed E-state index contributed by atoms with van der Waals surface area (Å²) < 4.78 is 63.9. The zero-order valence-electron chi connectivity index (χ0n) is 12.5. The number of hydrogen-bond acceptors (Lipinski definition) is 3. The van der Waals surface area contributed by atoms with Crippen molar-refractivity contribution >= 4 is 18.9 Å². The van der Waals surface area contributed by atoms with E-state index in [0.29, 0.717) is 6.07 Å². The van der Waals surface area contributed by atoms with Gasteiger partial charge in [-0.2, -0.15) is 13.2 Å². The zero-order chi connectivity index (χ0) is 16.9. The van der Waals surface area contributed by atoms with Crippen molar-refractivity contribution in [1.82, 2.24) is 0 Å². The van der Waals surface area contributed by atoms with Crippen LogP contribution < -0.4 is 5.46 Å². The second-order valence-corrected chi connectivity index (χ2v) is 6.13. The van der Waals surface area contributed by atoms with Crippen molar-refractivity contribution in [3.8, 4) is 0 Å². The van der Waals surface area contributed by atoms with Gasteiger partial charge in [-0.3, -0.25) is 4.79 Å². The fourth-order valence-electron chi connectivity index (χ4n) is 2.12. The molecule has 1 aromatic carbocycles. The van der Waals surface area contributed by atoms with E-state index in [1.807, 2.05) is 0 Å². The van der Waals surface area contributed by atoms with Gasteiger partial charge in [0.2, 0.25) is 0 Å². The van der Waals surface area contributed by atoms with Gasteiger partial charge >= 0.3 is 13.3 Å². The lowest BCUT2D eigenvalue weighted by Crippen LogP contribution is -2.41. The molecule has 0 atom stereocenters. The third-order valence-electron chi connectivity index (χ3n) is 4.14. The highest BCUT2D eigenvalue weighted by Gasteiger charge is 2.53. The van der Waals surface area contributed by atoms with Gasteiger partial charge in [-0.1, -0.05) is 6.07 Å². The lowest BCUT2D eigenvalue weighted by molar-refractivity contribution is -0.138. The van der Waals surface area contributed by atoms with Gasteiger partial charge in [0.05, 0.1) is 22.3 Å². The van der Waals surface area contributed by atoms with Gasteiger partial charge in [-0.05, 0) is 33.8 Å². The van der Waals surface area contributed by atoms with Crippen molar-refractivity contribution < 1.29 is 31.7 Å². The highest BCUT2D eigenvalue weighted by atomic mass is 19.4. The normalized spacial score (nSPS) is 20.3. The van der Waals surface area contributed by atoms with Crippen molar-refractivity contribution in [2.75, 3.05) is 0 Å². The molecule has 0 spiro atoms. The quantitative estimate of drug-likeness (QED) is 0.478. The molecule has 22 heavy (non-hydrogen) atoms. The van der Waals surface area contributed by atoms with Crippen molar-refractivity contribution in [3.05, 3.63) is 29.1 Å². The van der Waals surface area contributed by atoms with E-state index < -0.39 is 41.4 Å². The molecule has 0 saturated carbocycles. The minimum Gasteiger partial charge on any atom is -0.399 e. The third-order valence-corrected chi connectivity index (χ3v) is 4.14. The van der Waals surface area contributed by atoms with Gasteiger partial charge in [0.1, 0.15) is 5.82 Å². The summed E-state index contributed by atoms with van der Waals surface area (Å²) in [6.45, 7) is 6.93. The summed E-state index contributed by atoms with van der Waals surface area (Å²) in [7, 11) is -1.18. The minimum absolute atomic E-state index is 0.146. The molecule has 1 aliphatic rings. The van der Waals surface area contributed by atoms with Gasteiger partial charge in [-0.15, -0.1) is 0 Å². The number of aldehydes is 1. The summed E-state index contributed by atoms with van der Waals surface area (Å²) in [5, 5.41) is 0. The molecule has 0 N–H and O–H groups in total. The fraction of sp³-hybridized carbons (Fsp3) is 0.500.